The van der Waals surface area contributed by atoms with E-state index in [4.69, 9.17) is 9.47 Å². The summed E-state index contributed by atoms with van der Waals surface area (Å²) >= 11 is 1.37. The molecule has 0 atom stereocenters. The minimum Gasteiger partial charge on any atom is -0.497 e. The van der Waals surface area contributed by atoms with E-state index in [1.807, 2.05) is 28.0 Å². The molecule has 0 radical (unpaired) electrons. The molecular formula is C22H23F3N4O3S. The van der Waals surface area contributed by atoms with Crippen molar-refractivity contribution in [3.8, 4) is 11.5 Å². The highest BCUT2D eigenvalue weighted by Crippen LogP contribution is 2.35. The van der Waals surface area contributed by atoms with Crippen molar-refractivity contribution in [3.05, 3.63) is 42.0 Å². The molecule has 2 aromatic carbocycles. The summed E-state index contributed by atoms with van der Waals surface area (Å²) in [7, 11) is 2.94. The number of halogens is 3. The molecule has 4 rings (SSSR count). The maximum absolute atomic E-state index is 13.2. The number of benzene rings is 2. The number of alkyl halides is 3. The van der Waals surface area contributed by atoms with E-state index in [1.165, 1.54) is 18.4 Å². The Morgan fingerprint density at radius 3 is 2.45 bits per heavy atom. The van der Waals surface area contributed by atoms with Crippen LogP contribution >= 0.6 is 11.3 Å². The summed E-state index contributed by atoms with van der Waals surface area (Å²) in [6.07, 6.45) is -4.45. The molecule has 1 aliphatic heterocycles. The van der Waals surface area contributed by atoms with E-state index in [9.17, 15) is 18.0 Å². The molecule has 11 heteroatoms. The molecule has 0 bridgehead atoms. The van der Waals surface area contributed by atoms with Gasteiger partial charge in [-0.25, -0.2) is 4.98 Å². The zero-order valence-corrected chi connectivity index (χ0v) is 18.9. The second-order valence-corrected chi connectivity index (χ2v) is 8.61. The number of thiazole rings is 1. The van der Waals surface area contributed by atoms with E-state index in [2.05, 4.69) is 10.3 Å². The number of carbonyl (C=O) groups is 1. The summed E-state index contributed by atoms with van der Waals surface area (Å²) in [4.78, 5) is 20.8. The van der Waals surface area contributed by atoms with Crippen molar-refractivity contribution in [1.82, 2.24) is 9.88 Å². The average Bonchev–Trinajstić information content (AvgIpc) is 3.19. The van der Waals surface area contributed by atoms with Gasteiger partial charge in [-0.2, -0.15) is 13.2 Å². The van der Waals surface area contributed by atoms with E-state index in [1.54, 1.807) is 13.2 Å². The highest BCUT2D eigenvalue weighted by atomic mass is 32.1. The second kappa shape index (κ2) is 9.44. The molecule has 0 saturated carbocycles. The molecule has 1 N–H and O–H groups in total. The van der Waals surface area contributed by atoms with Gasteiger partial charge >= 0.3 is 6.18 Å². The number of methoxy groups -OCH3 is 2. The Hall–Kier alpha value is -3.05. The van der Waals surface area contributed by atoms with Crippen molar-refractivity contribution in [2.24, 2.45) is 0 Å². The van der Waals surface area contributed by atoms with Crippen LogP contribution in [0.5, 0.6) is 11.5 Å². The first-order valence-electron chi connectivity index (χ1n) is 10.2. The Kier molecular flexibility index (Phi) is 6.61. The molecule has 0 aliphatic carbocycles. The predicted molar refractivity (Wildman–Crippen MR) is 121 cm³/mol. The van der Waals surface area contributed by atoms with Gasteiger partial charge < -0.3 is 19.7 Å². The predicted octanol–water partition coefficient (Wildman–Crippen LogP) is 4.09. The second-order valence-electron chi connectivity index (χ2n) is 7.58. The van der Waals surface area contributed by atoms with Gasteiger partial charge in [0.25, 0.3) is 0 Å². The summed E-state index contributed by atoms with van der Waals surface area (Å²) in [6.45, 7) is 2.27. The first-order chi connectivity index (χ1) is 15.7. The Morgan fingerprint density at radius 2 is 1.79 bits per heavy atom. The highest BCUT2D eigenvalue weighted by Gasteiger charge is 2.32. The molecule has 176 valence electrons. The third kappa shape index (κ3) is 5.48. The van der Waals surface area contributed by atoms with E-state index in [-0.39, 0.29) is 18.2 Å². The van der Waals surface area contributed by atoms with Crippen LogP contribution in [0.1, 0.15) is 5.56 Å². The van der Waals surface area contributed by atoms with Gasteiger partial charge in [-0.05, 0) is 30.3 Å². The van der Waals surface area contributed by atoms with Crippen LogP contribution in [-0.2, 0) is 11.0 Å². The number of fused-ring (bicyclic) bond motifs is 1. The fraction of sp³-hybridized carbons (Fsp3) is 0.364. The van der Waals surface area contributed by atoms with Crippen LogP contribution in [-0.4, -0.2) is 62.7 Å². The summed E-state index contributed by atoms with van der Waals surface area (Å²) < 4.78 is 50.8. The SMILES string of the molecule is COc1cc(N2CCN(CC(=O)Nc3nc4ccc(OC)cc4s3)CC2)cc(C(F)(F)F)c1. The molecule has 2 heterocycles. The van der Waals surface area contributed by atoms with Gasteiger partial charge in [0, 0.05) is 37.9 Å². The van der Waals surface area contributed by atoms with Crippen molar-refractivity contribution >= 4 is 38.3 Å². The van der Waals surface area contributed by atoms with Crippen LogP contribution in [0.3, 0.4) is 0 Å². The molecule has 0 unspecified atom stereocenters. The first-order valence-corrected chi connectivity index (χ1v) is 11.0. The quantitative estimate of drug-likeness (QED) is 0.573. The summed E-state index contributed by atoms with van der Waals surface area (Å²) in [5.74, 6) is 0.700. The number of amides is 1. The number of anilines is 2. The first kappa shape index (κ1) is 23.1. The number of ether oxygens (including phenoxy) is 2. The molecule has 7 nitrogen and oxygen atoms in total. The van der Waals surface area contributed by atoms with Crippen molar-refractivity contribution in [2.75, 3.05) is 57.2 Å². The summed E-state index contributed by atoms with van der Waals surface area (Å²) in [5.41, 5.74) is 0.490. The number of rotatable bonds is 6. The van der Waals surface area contributed by atoms with Gasteiger partial charge in [-0.1, -0.05) is 11.3 Å². The van der Waals surface area contributed by atoms with Gasteiger partial charge in [0.05, 0.1) is 36.5 Å². The van der Waals surface area contributed by atoms with Gasteiger partial charge in [0.1, 0.15) is 11.5 Å². The highest BCUT2D eigenvalue weighted by molar-refractivity contribution is 7.22. The molecule has 33 heavy (non-hydrogen) atoms. The normalized spacial score (nSPS) is 15.0. The zero-order valence-electron chi connectivity index (χ0n) is 18.1. The molecule has 1 aromatic heterocycles. The maximum atomic E-state index is 13.2. The number of nitrogens with one attached hydrogen (secondary N) is 1. The van der Waals surface area contributed by atoms with E-state index < -0.39 is 11.7 Å². The fourth-order valence-corrected chi connectivity index (χ4v) is 4.57. The van der Waals surface area contributed by atoms with Crippen LogP contribution in [0.4, 0.5) is 24.0 Å². The van der Waals surface area contributed by atoms with Crippen molar-refractivity contribution in [3.63, 3.8) is 0 Å². The lowest BCUT2D eigenvalue weighted by molar-refractivity contribution is -0.137. The van der Waals surface area contributed by atoms with Crippen LogP contribution < -0.4 is 19.7 Å². The molecule has 3 aromatic rings. The Balaban J connectivity index is 1.34. The summed E-state index contributed by atoms with van der Waals surface area (Å²) in [6, 6.07) is 9.23. The monoisotopic (exact) mass is 480 g/mol. The largest absolute Gasteiger partial charge is 0.497 e. The molecule has 1 amide bonds. The molecule has 0 spiro atoms. The minimum absolute atomic E-state index is 0.162. The van der Waals surface area contributed by atoms with E-state index >= 15 is 0 Å². The lowest BCUT2D eigenvalue weighted by atomic mass is 10.1. The molecular weight excluding hydrogens is 457 g/mol. The topological polar surface area (TPSA) is 66.9 Å². The zero-order chi connectivity index (χ0) is 23.6. The van der Waals surface area contributed by atoms with Crippen LogP contribution in [0.15, 0.2) is 36.4 Å². The fourth-order valence-electron chi connectivity index (χ4n) is 3.66. The average molecular weight is 481 g/mol. The van der Waals surface area contributed by atoms with Crippen molar-refractivity contribution < 1.29 is 27.4 Å². The molecule has 1 fully saturated rings. The van der Waals surface area contributed by atoms with Crippen LogP contribution in [0.2, 0.25) is 0 Å². The smallest absolute Gasteiger partial charge is 0.416 e. The lowest BCUT2D eigenvalue weighted by Crippen LogP contribution is -2.48. The standard InChI is InChI=1S/C22H23F3N4O3S/c1-31-16-3-4-18-19(12-16)33-21(26-18)27-20(30)13-28-5-7-29(8-6-28)15-9-14(22(23,24)25)10-17(11-15)32-2/h3-4,9-12H,5-8,13H2,1-2H3,(H,26,27,30). The number of hydrogen-bond acceptors (Lipinski definition) is 7. The Bertz CT molecular complexity index is 1140. The number of hydrogen-bond donors (Lipinski definition) is 1. The van der Waals surface area contributed by atoms with Crippen LogP contribution in [0, 0.1) is 0 Å². The number of aromatic nitrogens is 1. The van der Waals surface area contributed by atoms with E-state index in [0.29, 0.717) is 37.0 Å². The van der Waals surface area contributed by atoms with Gasteiger partial charge in [0.2, 0.25) is 5.91 Å². The molecule has 1 aliphatic rings. The Labute approximate surface area is 192 Å². The summed E-state index contributed by atoms with van der Waals surface area (Å²) in [5, 5.41) is 3.34. The van der Waals surface area contributed by atoms with E-state index in [0.717, 1.165) is 28.1 Å². The minimum atomic E-state index is -4.45. The number of nitrogens with zero attached hydrogens (tertiary/aromatic N) is 3. The van der Waals surface area contributed by atoms with Gasteiger partial charge in [-0.3, -0.25) is 9.69 Å². The third-order valence-electron chi connectivity index (χ3n) is 5.40. The van der Waals surface area contributed by atoms with Crippen molar-refractivity contribution in [2.45, 2.75) is 6.18 Å². The maximum Gasteiger partial charge on any atom is 0.416 e. The van der Waals surface area contributed by atoms with Gasteiger partial charge in [-0.15, -0.1) is 0 Å². The molecule has 1 saturated heterocycles. The van der Waals surface area contributed by atoms with Crippen LogP contribution in [0.25, 0.3) is 10.2 Å². The third-order valence-corrected chi connectivity index (χ3v) is 6.33. The lowest BCUT2D eigenvalue weighted by Gasteiger charge is -2.36. The van der Waals surface area contributed by atoms with Gasteiger partial charge in [0.15, 0.2) is 5.13 Å². The Morgan fingerprint density at radius 1 is 1.06 bits per heavy atom. The number of carbonyl (C=O) groups excluding carboxylic acids is 1. The number of piperazine rings is 1. The van der Waals surface area contributed by atoms with Crippen molar-refractivity contribution in [1.29, 1.82) is 0 Å².